The van der Waals surface area contributed by atoms with Gasteiger partial charge in [-0.2, -0.15) is 0 Å². The van der Waals surface area contributed by atoms with E-state index >= 15 is 0 Å². The first kappa shape index (κ1) is 18.4. The van der Waals surface area contributed by atoms with Gasteiger partial charge < -0.3 is 4.90 Å². The van der Waals surface area contributed by atoms with Gasteiger partial charge in [0.15, 0.2) is 0 Å². The fourth-order valence-electron chi connectivity index (χ4n) is 2.16. The summed E-state index contributed by atoms with van der Waals surface area (Å²) in [5.74, 6) is -1.12. The largest absolute Gasteiger partial charge is 0.314 e. The third kappa shape index (κ3) is 3.98. The van der Waals surface area contributed by atoms with Gasteiger partial charge in [0.05, 0.1) is 0 Å². The van der Waals surface area contributed by atoms with Gasteiger partial charge in [0, 0.05) is 23.9 Å². The number of ketones is 1. The Morgan fingerprint density at radius 2 is 2.09 bits per heavy atom. The molecule has 3 amide bonds. The van der Waals surface area contributed by atoms with Crippen LogP contribution < -0.4 is 10.6 Å². The third-order valence-corrected chi connectivity index (χ3v) is 4.24. The SMILES string of the molecule is CCC(C)(C)C(=O)C(=O)N1CCC[C@@H]1N(C=O)NC(=O)SN. The molecule has 9 heteroatoms. The van der Waals surface area contributed by atoms with Crippen LogP contribution in [0.4, 0.5) is 4.79 Å². The highest BCUT2D eigenvalue weighted by Gasteiger charge is 2.40. The van der Waals surface area contributed by atoms with Gasteiger partial charge in [0.25, 0.3) is 5.91 Å². The van der Waals surface area contributed by atoms with Crippen LogP contribution in [-0.4, -0.2) is 46.0 Å². The van der Waals surface area contributed by atoms with Gasteiger partial charge in [-0.3, -0.25) is 29.7 Å². The zero-order chi connectivity index (χ0) is 16.9. The molecule has 1 aliphatic heterocycles. The van der Waals surface area contributed by atoms with E-state index in [1.54, 1.807) is 13.8 Å². The molecule has 1 atom stereocenters. The number of nitrogens with one attached hydrogen (secondary N) is 1. The lowest BCUT2D eigenvalue weighted by atomic mass is 9.84. The number of carbonyl (C=O) groups is 4. The minimum atomic E-state index is -0.757. The Morgan fingerprint density at radius 3 is 2.59 bits per heavy atom. The van der Waals surface area contributed by atoms with Crippen LogP contribution in [0.25, 0.3) is 0 Å². The minimum Gasteiger partial charge on any atom is -0.314 e. The summed E-state index contributed by atoms with van der Waals surface area (Å²) in [6.45, 7) is 5.62. The summed E-state index contributed by atoms with van der Waals surface area (Å²) in [6, 6.07) is 0. The van der Waals surface area contributed by atoms with Gasteiger partial charge in [-0.05, 0) is 19.3 Å². The average Bonchev–Trinajstić information content (AvgIpc) is 2.99. The molecule has 1 aliphatic rings. The van der Waals surface area contributed by atoms with Crippen LogP contribution in [0.1, 0.15) is 40.0 Å². The molecule has 124 valence electrons. The number of hydrazine groups is 1. The van der Waals surface area contributed by atoms with Crippen molar-refractivity contribution in [1.29, 1.82) is 0 Å². The number of amides is 3. The van der Waals surface area contributed by atoms with Crippen molar-refractivity contribution in [3.8, 4) is 0 Å². The molecule has 3 N–H and O–H groups in total. The Labute approximate surface area is 133 Å². The highest BCUT2D eigenvalue weighted by atomic mass is 32.2. The molecular formula is C13H22N4O4S. The van der Waals surface area contributed by atoms with Crippen LogP contribution in [0.15, 0.2) is 0 Å². The molecule has 1 fully saturated rings. The van der Waals surface area contributed by atoms with E-state index in [1.165, 1.54) is 4.90 Å². The van der Waals surface area contributed by atoms with Gasteiger partial charge in [-0.1, -0.05) is 20.8 Å². The second-order valence-corrected chi connectivity index (χ2v) is 6.32. The number of Topliss-reactive ketones (excluding diaryl/α,β-unsaturated/α-hetero) is 1. The monoisotopic (exact) mass is 330 g/mol. The summed E-state index contributed by atoms with van der Waals surface area (Å²) in [5.41, 5.74) is 1.54. The molecular weight excluding hydrogens is 308 g/mol. The molecule has 0 aromatic heterocycles. The predicted octanol–water partition coefficient (Wildman–Crippen LogP) is 0.630. The number of nitrogens with two attached hydrogens (primary N) is 1. The minimum absolute atomic E-state index is 0.366. The molecule has 8 nitrogen and oxygen atoms in total. The van der Waals surface area contributed by atoms with Crippen LogP contribution in [0, 0.1) is 5.41 Å². The second-order valence-electron chi connectivity index (χ2n) is 5.72. The van der Waals surface area contributed by atoms with E-state index in [9.17, 15) is 19.2 Å². The normalized spacial score (nSPS) is 18.0. The lowest BCUT2D eigenvalue weighted by molar-refractivity contribution is -0.153. The number of rotatable bonds is 6. The molecule has 0 bridgehead atoms. The summed E-state index contributed by atoms with van der Waals surface area (Å²) >= 11 is 0.430. The fourth-order valence-corrected chi connectivity index (χ4v) is 2.32. The summed E-state index contributed by atoms with van der Waals surface area (Å²) in [6.07, 6.45) is 1.41. The first-order valence-corrected chi connectivity index (χ1v) is 7.92. The van der Waals surface area contributed by atoms with E-state index in [0.29, 0.717) is 44.2 Å². The highest BCUT2D eigenvalue weighted by Crippen LogP contribution is 2.26. The Bertz CT molecular complexity index is 469. The molecule has 0 aromatic carbocycles. The number of likely N-dealkylation sites (tertiary alicyclic amines) is 1. The van der Waals surface area contributed by atoms with E-state index in [1.807, 2.05) is 6.92 Å². The average molecular weight is 330 g/mol. The van der Waals surface area contributed by atoms with E-state index in [4.69, 9.17) is 5.14 Å². The van der Waals surface area contributed by atoms with Crippen molar-refractivity contribution < 1.29 is 19.2 Å². The zero-order valence-corrected chi connectivity index (χ0v) is 13.8. The lowest BCUT2D eigenvalue weighted by Gasteiger charge is -2.33. The van der Waals surface area contributed by atoms with Crippen molar-refractivity contribution >= 4 is 35.3 Å². The van der Waals surface area contributed by atoms with Crippen LogP contribution in [-0.2, 0) is 14.4 Å². The van der Waals surface area contributed by atoms with E-state index in [-0.39, 0.29) is 0 Å². The molecule has 1 rings (SSSR count). The molecule has 22 heavy (non-hydrogen) atoms. The quantitative estimate of drug-likeness (QED) is 0.320. The molecule has 0 unspecified atom stereocenters. The van der Waals surface area contributed by atoms with E-state index in [2.05, 4.69) is 5.43 Å². The predicted molar refractivity (Wildman–Crippen MR) is 82.0 cm³/mol. The van der Waals surface area contributed by atoms with E-state index < -0.39 is 28.5 Å². The van der Waals surface area contributed by atoms with Gasteiger partial charge in [-0.15, -0.1) is 0 Å². The van der Waals surface area contributed by atoms with Crippen molar-refractivity contribution in [2.24, 2.45) is 10.6 Å². The fraction of sp³-hybridized carbons (Fsp3) is 0.692. The van der Waals surface area contributed by atoms with Crippen molar-refractivity contribution in [2.75, 3.05) is 6.54 Å². The van der Waals surface area contributed by atoms with Crippen molar-refractivity contribution in [3.05, 3.63) is 0 Å². The maximum atomic E-state index is 12.4. The van der Waals surface area contributed by atoms with Crippen LogP contribution in [0.2, 0.25) is 0 Å². The standard InChI is InChI=1S/C13H22N4O4S/c1-4-13(2,3)10(19)11(20)16-7-5-6-9(16)17(8-18)15-12(21)22-14/h8-9H,4-7,14H2,1-3H3,(H,15,21)/t9-/m0/s1. The summed E-state index contributed by atoms with van der Waals surface area (Å²) < 4.78 is 0. The van der Waals surface area contributed by atoms with E-state index in [0.717, 1.165) is 5.01 Å². The van der Waals surface area contributed by atoms with Gasteiger partial charge in [-0.25, -0.2) is 5.01 Å². The van der Waals surface area contributed by atoms with Gasteiger partial charge in [0.1, 0.15) is 6.17 Å². The summed E-state index contributed by atoms with van der Waals surface area (Å²) in [7, 11) is 0. The molecule has 0 saturated carbocycles. The maximum Gasteiger partial charge on any atom is 0.312 e. The van der Waals surface area contributed by atoms with Crippen LogP contribution >= 0.6 is 11.9 Å². The molecule has 0 radical (unpaired) electrons. The van der Waals surface area contributed by atoms with Gasteiger partial charge in [0.2, 0.25) is 12.2 Å². The van der Waals surface area contributed by atoms with Crippen LogP contribution in [0.3, 0.4) is 0 Å². The maximum absolute atomic E-state index is 12.4. The lowest BCUT2D eigenvalue weighted by Crippen LogP contribution is -2.55. The van der Waals surface area contributed by atoms with Crippen molar-refractivity contribution in [1.82, 2.24) is 15.3 Å². The topological polar surface area (TPSA) is 113 Å². The first-order valence-electron chi connectivity index (χ1n) is 7.04. The zero-order valence-electron chi connectivity index (χ0n) is 13.0. The van der Waals surface area contributed by atoms with Gasteiger partial charge >= 0.3 is 5.24 Å². The Kier molecular flexibility index (Phi) is 6.36. The first-order chi connectivity index (χ1) is 10.3. The molecule has 0 aliphatic carbocycles. The Hall–Kier alpha value is -1.61. The Balaban J connectivity index is 2.89. The number of carbonyl (C=O) groups excluding carboxylic acids is 4. The number of hydrogen-bond donors (Lipinski definition) is 2. The molecule has 1 saturated heterocycles. The number of hydrogen-bond acceptors (Lipinski definition) is 6. The smallest absolute Gasteiger partial charge is 0.312 e. The summed E-state index contributed by atoms with van der Waals surface area (Å²) in [4.78, 5) is 48.5. The van der Waals surface area contributed by atoms with Crippen LogP contribution in [0.5, 0.6) is 0 Å². The van der Waals surface area contributed by atoms with Crippen molar-refractivity contribution in [2.45, 2.75) is 46.2 Å². The Morgan fingerprint density at radius 1 is 1.45 bits per heavy atom. The third-order valence-electron chi connectivity index (χ3n) is 3.94. The summed E-state index contributed by atoms with van der Waals surface area (Å²) in [5, 5.41) is 5.49. The molecule has 1 heterocycles. The second kappa shape index (κ2) is 7.59. The molecule has 0 spiro atoms. The highest BCUT2D eigenvalue weighted by molar-refractivity contribution is 8.11. The molecule has 0 aromatic rings. The van der Waals surface area contributed by atoms with Crippen molar-refractivity contribution in [3.63, 3.8) is 0 Å². The number of nitrogens with zero attached hydrogens (tertiary/aromatic N) is 2.